The van der Waals surface area contributed by atoms with E-state index in [4.69, 9.17) is 4.74 Å². The number of allylic oxidation sites excluding steroid dienone is 8. The Labute approximate surface area is 298 Å². The largest absolute Gasteiger partial charge is 0.489 e. The highest BCUT2D eigenvalue weighted by molar-refractivity contribution is 7.26. The van der Waals surface area contributed by atoms with E-state index in [0.29, 0.717) is 6.61 Å². The highest BCUT2D eigenvalue weighted by atomic mass is 32.1. The number of para-hydroxylation sites is 1. The van der Waals surface area contributed by atoms with Gasteiger partial charge >= 0.3 is 0 Å². The van der Waals surface area contributed by atoms with Crippen molar-refractivity contribution in [1.82, 2.24) is 0 Å². The van der Waals surface area contributed by atoms with Crippen LogP contribution in [-0.2, 0) is 6.42 Å². The maximum Gasteiger partial charge on any atom is 0.123 e. The van der Waals surface area contributed by atoms with Gasteiger partial charge in [-0.15, -0.1) is 11.3 Å². The molecule has 2 aliphatic rings. The van der Waals surface area contributed by atoms with Gasteiger partial charge in [0.2, 0.25) is 0 Å². The van der Waals surface area contributed by atoms with E-state index in [0.717, 1.165) is 47.3 Å². The van der Waals surface area contributed by atoms with Crippen LogP contribution < -0.4 is 15.2 Å². The van der Waals surface area contributed by atoms with Gasteiger partial charge in [0.1, 0.15) is 12.4 Å². The molecule has 0 bridgehead atoms. The van der Waals surface area contributed by atoms with E-state index in [1.54, 1.807) is 6.08 Å². The summed E-state index contributed by atoms with van der Waals surface area (Å²) in [6, 6.07) is 39.6. The topological polar surface area (TPSA) is 9.23 Å². The van der Waals surface area contributed by atoms with Gasteiger partial charge in [0.15, 0.2) is 0 Å². The van der Waals surface area contributed by atoms with E-state index in [1.165, 1.54) is 58.4 Å². The third kappa shape index (κ3) is 6.15. The number of thiophene rings is 1. The number of benzene rings is 5. The minimum Gasteiger partial charge on any atom is -0.489 e. The third-order valence-electron chi connectivity index (χ3n) is 9.65. The standard InChI is InChI=1S/C48H38OS/c1-3-4-15-33(2)39-17-7-5-6-8-18-40(42-20-11-10-19-41(39)42)35-26-24-34(25-27-35)38-31-45-36(30-37-16-9-13-22-46(37)49-32-38)28-29-44-43-21-12-14-23-47(43)50-48(44)45/h3-4,7-29,31H,1-2,5-6,30,32H2/b15-4-,17-7+,18-8+,38-31+,41-39+,42-40+. The molecule has 242 valence electrons. The molecule has 1 nitrogen and oxygen atoms in total. The predicted molar refractivity (Wildman–Crippen MR) is 216 cm³/mol. The van der Waals surface area contributed by atoms with Crippen LogP contribution in [0.3, 0.4) is 0 Å². The predicted octanol–water partition coefficient (Wildman–Crippen LogP) is 11.1. The Kier molecular flexibility index (Phi) is 8.86. The summed E-state index contributed by atoms with van der Waals surface area (Å²) in [6.07, 6.45) is 20.0. The van der Waals surface area contributed by atoms with Crippen molar-refractivity contribution >= 4 is 54.3 Å². The molecular formula is C48H38OS. The molecule has 2 heteroatoms. The number of rotatable bonds is 5. The van der Waals surface area contributed by atoms with Gasteiger partial charge in [-0.25, -0.2) is 0 Å². The summed E-state index contributed by atoms with van der Waals surface area (Å²) >= 11 is 1.89. The lowest BCUT2D eigenvalue weighted by atomic mass is 9.93. The Hall–Kier alpha value is -5.70. The molecule has 0 radical (unpaired) electrons. The second kappa shape index (κ2) is 14.0. The van der Waals surface area contributed by atoms with Crippen LogP contribution in [-0.4, -0.2) is 6.61 Å². The fraction of sp³-hybridized carbons (Fsp3) is 0.0833. The molecule has 0 fully saturated rings. The summed E-state index contributed by atoms with van der Waals surface area (Å²) in [6.45, 7) is 8.76. The van der Waals surface area contributed by atoms with E-state index < -0.39 is 0 Å². The fourth-order valence-electron chi connectivity index (χ4n) is 7.09. The van der Waals surface area contributed by atoms with Crippen molar-refractivity contribution < 1.29 is 4.74 Å². The first-order chi connectivity index (χ1) is 24.7. The maximum atomic E-state index is 6.58. The second-order valence-electron chi connectivity index (χ2n) is 12.8. The van der Waals surface area contributed by atoms with Gasteiger partial charge in [-0.2, -0.15) is 0 Å². The van der Waals surface area contributed by atoms with Crippen LogP contribution in [0.4, 0.5) is 0 Å². The third-order valence-corrected chi connectivity index (χ3v) is 10.9. The molecule has 1 aromatic heterocycles. The first-order valence-corrected chi connectivity index (χ1v) is 18.1. The van der Waals surface area contributed by atoms with Crippen LogP contribution in [0, 0.1) is 0 Å². The van der Waals surface area contributed by atoms with Crippen molar-refractivity contribution in [3.8, 4) is 5.75 Å². The quantitative estimate of drug-likeness (QED) is 0.167. The van der Waals surface area contributed by atoms with Crippen LogP contribution in [0.1, 0.15) is 40.7 Å². The Morgan fingerprint density at radius 2 is 1.44 bits per heavy atom. The zero-order valence-corrected chi connectivity index (χ0v) is 28.9. The molecule has 50 heavy (non-hydrogen) atoms. The average Bonchev–Trinajstić information content (AvgIpc) is 3.57. The van der Waals surface area contributed by atoms with Crippen molar-refractivity contribution in [3.63, 3.8) is 0 Å². The van der Waals surface area contributed by atoms with E-state index in [1.807, 2.05) is 23.5 Å². The summed E-state index contributed by atoms with van der Waals surface area (Å²) in [7, 11) is 0. The lowest BCUT2D eigenvalue weighted by Crippen LogP contribution is -2.29. The Morgan fingerprint density at radius 3 is 2.30 bits per heavy atom. The molecular weight excluding hydrogens is 625 g/mol. The first-order valence-electron chi connectivity index (χ1n) is 17.3. The van der Waals surface area contributed by atoms with Crippen molar-refractivity contribution in [2.75, 3.05) is 6.61 Å². The van der Waals surface area contributed by atoms with Gasteiger partial charge in [-0.05, 0) is 91.6 Å². The van der Waals surface area contributed by atoms with Gasteiger partial charge in [0.05, 0.1) is 0 Å². The van der Waals surface area contributed by atoms with Gasteiger partial charge in [-0.3, -0.25) is 0 Å². The van der Waals surface area contributed by atoms with Crippen LogP contribution in [0.2, 0.25) is 0 Å². The SMILES string of the molecule is C=C/C=C\C(=C)C1=c2\cccc\c2=C(c2ccc(/C3=C/c4c(ccc5c4sc4ccccc45)Cc4ccccc4OC3)cc2)\C=C\CC\C=C\1. The van der Waals surface area contributed by atoms with Gasteiger partial charge in [-0.1, -0.05) is 153 Å². The molecule has 0 amide bonds. The first kappa shape index (κ1) is 31.6. The van der Waals surface area contributed by atoms with E-state index in [-0.39, 0.29) is 0 Å². The van der Waals surface area contributed by atoms with Crippen molar-refractivity contribution in [3.05, 3.63) is 209 Å². The number of hydrogen-bond acceptors (Lipinski definition) is 2. The monoisotopic (exact) mass is 662 g/mol. The van der Waals surface area contributed by atoms with Crippen LogP contribution >= 0.6 is 11.3 Å². The second-order valence-corrected chi connectivity index (χ2v) is 13.9. The van der Waals surface area contributed by atoms with E-state index in [2.05, 4.69) is 153 Å². The molecule has 8 rings (SSSR count). The summed E-state index contributed by atoms with van der Waals surface area (Å²) < 4.78 is 9.23. The van der Waals surface area contributed by atoms with Crippen LogP contribution in [0.5, 0.6) is 5.75 Å². The normalized spacial score (nSPS) is 19.1. The number of hydrogen-bond donors (Lipinski definition) is 0. The van der Waals surface area contributed by atoms with Crippen LogP contribution in [0.15, 0.2) is 170 Å². The molecule has 2 heterocycles. The summed E-state index contributed by atoms with van der Waals surface area (Å²) in [5, 5.41) is 4.99. The van der Waals surface area contributed by atoms with Crippen molar-refractivity contribution in [2.24, 2.45) is 0 Å². The molecule has 1 aliphatic carbocycles. The smallest absolute Gasteiger partial charge is 0.123 e. The summed E-state index contributed by atoms with van der Waals surface area (Å²) in [5.74, 6) is 0.948. The number of ether oxygens (including phenoxy) is 1. The maximum absolute atomic E-state index is 6.58. The fourth-order valence-corrected chi connectivity index (χ4v) is 8.34. The summed E-state index contributed by atoms with van der Waals surface area (Å²) in [5.41, 5.74) is 10.6. The Morgan fingerprint density at radius 1 is 0.700 bits per heavy atom. The minimum atomic E-state index is 0.487. The molecule has 0 atom stereocenters. The van der Waals surface area contributed by atoms with Gasteiger partial charge < -0.3 is 4.74 Å². The Bertz CT molecular complexity index is 2530. The molecule has 0 unspecified atom stereocenters. The summed E-state index contributed by atoms with van der Waals surface area (Å²) in [4.78, 5) is 0. The van der Waals surface area contributed by atoms with E-state index in [9.17, 15) is 0 Å². The lowest BCUT2D eigenvalue weighted by molar-refractivity contribution is 0.367. The molecule has 5 aromatic carbocycles. The Balaban J connectivity index is 1.29. The highest BCUT2D eigenvalue weighted by Gasteiger charge is 2.18. The van der Waals surface area contributed by atoms with Crippen molar-refractivity contribution in [2.45, 2.75) is 19.3 Å². The zero-order chi connectivity index (χ0) is 33.9. The minimum absolute atomic E-state index is 0.487. The molecule has 0 spiro atoms. The molecule has 0 N–H and O–H groups in total. The zero-order valence-electron chi connectivity index (χ0n) is 28.1. The average molecular weight is 663 g/mol. The van der Waals surface area contributed by atoms with E-state index >= 15 is 0 Å². The molecule has 0 saturated carbocycles. The highest BCUT2D eigenvalue weighted by Crippen LogP contribution is 2.40. The van der Waals surface area contributed by atoms with Crippen LogP contribution in [0.25, 0.3) is 43.0 Å². The van der Waals surface area contributed by atoms with Gasteiger partial charge in [0, 0.05) is 26.6 Å². The van der Waals surface area contributed by atoms with Gasteiger partial charge in [0.25, 0.3) is 0 Å². The molecule has 0 saturated heterocycles. The molecule has 6 aromatic rings. The molecule has 1 aliphatic heterocycles. The lowest BCUT2D eigenvalue weighted by Gasteiger charge is -2.13. The van der Waals surface area contributed by atoms with Crippen molar-refractivity contribution in [1.29, 1.82) is 0 Å². The number of fused-ring (bicyclic) bond motifs is 7.